The molecule has 0 spiro atoms. The molecule has 1 aliphatic heterocycles. The Labute approximate surface area is 112 Å². The fourth-order valence-corrected chi connectivity index (χ4v) is 2.78. The Morgan fingerprint density at radius 2 is 2.42 bits per heavy atom. The van der Waals surface area contributed by atoms with Crippen molar-refractivity contribution in [2.75, 3.05) is 37.4 Å². The molecule has 0 radical (unpaired) electrons. The summed E-state index contributed by atoms with van der Waals surface area (Å²) < 4.78 is 7.20. The van der Waals surface area contributed by atoms with E-state index in [1.807, 2.05) is 10.6 Å². The number of hydrogen-bond acceptors (Lipinski definition) is 5. The first-order valence-electron chi connectivity index (χ1n) is 6.61. The number of rotatable bonds is 3. The van der Waals surface area contributed by atoms with Gasteiger partial charge in [0.05, 0.1) is 12.8 Å². The van der Waals surface area contributed by atoms with Gasteiger partial charge in [0.1, 0.15) is 5.82 Å². The number of ether oxygens (including phenoxy) is 1. The van der Waals surface area contributed by atoms with Crippen molar-refractivity contribution in [1.29, 1.82) is 0 Å². The van der Waals surface area contributed by atoms with E-state index in [0.29, 0.717) is 11.7 Å². The first-order chi connectivity index (χ1) is 9.28. The topological polar surface area (TPSA) is 68.7 Å². The maximum atomic E-state index is 5.87. The Morgan fingerprint density at radius 3 is 3.26 bits per heavy atom. The average molecular weight is 261 g/mol. The van der Waals surface area contributed by atoms with E-state index >= 15 is 0 Å². The third kappa shape index (κ3) is 2.35. The number of methoxy groups -OCH3 is 1. The van der Waals surface area contributed by atoms with Crippen LogP contribution in [0.3, 0.4) is 0 Å². The van der Waals surface area contributed by atoms with Crippen LogP contribution in [0.5, 0.6) is 0 Å². The SMILES string of the molecule is COCC1CCCN(c2nc(N)cn3ccnc23)C1. The summed E-state index contributed by atoms with van der Waals surface area (Å²) in [6.45, 7) is 2.75. The second-order valence-electron chi connectivity index (χ2n) is 5.06. The van der Waals surface area contributed by atoms with E-state index in [1.54, 1.807) is 19.5 Å². The minimum Gasteiger partial charge on any atom is -0.384 e. The van der Waals surface area contributed by atoms with Gasteiger partial charge in [-0.1, -0.05) is 0 Å². The van der Waals surface area contributed by atoms with Crippen molar-refractivity contribution in [1.82, 2.24) is 14.4 Å². The lowest BCUT2D eigenvalue weighted by Crippen LogP contribution is -2.38. The van der Waals surface area contributed by atoms with Gasteiger partial charge in [0, 0.05) is 32.6 Å². The van der Waals surface area contributed by atoms with Crippen molar-refractivity contribution in [3.05, 3.63) is 18.6 Å². The fraction of sp³-hybridized carbons (Fsp3) is 0.538. The maximum absolute atomic E-state index is 5.87. The van der Waals surface area contributed by atoms with Gasteiger partial charge in [0.25, 0.3) is 0 Å². The smallest absolute Gasteiger partial charge is 0.180 e. The van der Waals surface area contributed by atoms with Crippen LogP contribution in [0.25, 0.3) is 5.65 Å². The lowest BCUT2D eigenvalue weighted by Gasteiger charge is -2.33. The first-order valence-corrected chi connectivity index (χ1v) is 6.61. The Hall–Kier alpha value is -1.82. The molecule has 2 aromatic heterocycles. The number of fused-ring (bicyclic) bond motifs is 1. The molecule has 1 atom stereocenters. The van der Waals surface area contributed by atoms with Crippen LogP contribution in [0, 0.1) is 5.92 Å². The Morgan fingerprint density at radius 1 is 1.53 bits per heavy atom. The van der Waals surface area contributed by atoms with Crippen LogP contribution in [0.1, 0.15) is 12.8 Å². The van der Waals surface area contributed by atoms with E-state index in [9.17, 15) is 0 Å². The van der Waals surface area contributed by atoms with Gasteiger partial charge in [0.15, 0.2) is 11.5 Å². The van der Waals surface area contributed by atoms with Crippen LogP contribution < -0.4 is 10.6 Å². The highest BCUT2D eigenvalue weighted by Crippen LogP contribution is 2.25. The highest BCUT2D eigenvalue weighted by atomic mass is 16.5. The standard InChI is InChI=1S/C13H19N5O/c1-19-9-10-3-2-5-17(7-10)13-12-15-4-6-18(12)8-11(14)16-13/h4,6,8,10H,2-3,5,7,9,14H2,1H3. The van der Waals surface area contributed by atoms with Crippen molar-refractivity contribution < 1.29 is 4.74 Å². The van der Waals surface area contributed by atoms with Crippen LogP contribution in [0.15, 0.2) is 18.6 Å². The maximum Gasteiger partial charge on any atom is 0.180 e. The third-order valence-electron chi connectivity index (χ3n) is 3.60. The highest BCUT2D eigenvalue weighted by molar-refractivity contribution is 5.66. The fourth-order valence-electron chi connectivity index (χ4n) is 2.78. The summed E-state index contributed by atoms with van der Waals surface area (Å²) in [6, 6.07) is 0. The number of aromatic nitrogens is 3. The first kappa shape index (κ1) is 12.2. The minimum absolute atomic E-state index is 0.523. The van der Waals surface area contributed by atoms with E-state index in [1.165, 1.54) is 6.42 Å². The van der Waals surface area contributed by atoms with Gasteiger partial charge in [-0.3, -0.25) is 0 Å². The number of nitrogens with zero attached hydrogens (tertiary/aromatic N) is 4. The number of nitrogen functional groups attached to an aromatic ring is 1. The predicted molar refractivity (Wildman–Crippen MR) is 74.2 cm³/mol. The molecule has 2 aromatic rings. The molecule has 0 amide bonds. The van der Waals surface area contributed by atoms with Gasteiger partial charge in [0.2, 0.25) is 0 Å². The molecule has 0 aliphatic carbocycles. The molecule has 102 valence electrons. The summed E-state index contributed by atoms with van der Waals surface area (Å²) in [5, 5.41) is 0. The minimum atomic E-state index is 0.523. The lowest BCUT2D eigenvalue weighted by atomic mass is 9.99. The van der Waals surface area contributed by atoms with Gasteiger partial charge >= 0.3 is 0 Å². The second-order valence-corrected chi connectivity index (χ2v) is 5.06. The molecule has 1 aliphatic rings. The molecule has 3 rings (SSSR count). The normalized spacial score (nSPS) is 20.1. The van der Waals surface area contributed by atoms with Crippen molar-refractivity contribution in [2.45, 2.75) is 12.8 Å². The Kier molecular flexibility index (Phi) is 3.25. The summed E-state index contributed by atoms with van der Waals surface area (Å²) in [4.78, 5) is 11.1. The van der Waals surface area contributed by atoms with Crippen LogP contribution in [0.4, 0.5) is 11.6 Å². The number of nitrogens with two attached hydrogens (primary N) is 1. The van der Waals surface area contributed by atoms with Crippen molar-refractivity contribution >= 4 is 17.3 Å². The molecule has 1 unspecified atom stereocenters. The van der Waals surface area contributed by atoms with Crippen LogP contribution in [-0.2, 0) is 4.74 Å². The molecule has 1 fully saturated rings. The van der Waals surface area contributed by atoms with Gasteiger partial charge in [-0.05, 0) is 18.8 Å². The van der Waals surface area contributed by atoms with Crippen LogP contribution in [0.2, 0.25) is 0 Å². The lowest BCUT2D eigenvalue weighted by molar-refractivity contribution is 0.143. The summed E-state index contributed by atoms with van der Waals surface area (Å²) in [5.41, 5.74) is 6.74. The molecule has 6 nitrogen and oxygen atoms in total. The number of anilines is 2. The molecule has 3 heterocycles. The Balaban J connectivity index is 1.92. The predicted octanol–water partition coefficient (Wildman–Crippen LogP) is 1.17. The third-order valence-corrected chi connectivity index (χ3v) is 3.60. The molecule has 19 heavy (non-hydrogen) atoms. The van der Waals surface area contributed by atoms with E-state index < -0.39 is 0 Å². The van der Waals surface area contributed by atoms with Crippen LogP contribution >= 0.6 is 0 Å². The van der Waals surface area contributed by atoms with Crippen molar-refractivity contribution in [3.8, 4) is 0 Å². The van der Waals surface area contributed by atoms with Gasteiger partial charge in [-0.2, -0.15) is 0 Å². The summed E-state index contributed by atoms with van der Waals surface area (Å²) >= 11 is 0. The summed E-state index contributed by atoms with van der Waals surface area (Å²) in [7, 11) is 1.75. The quantitative estimate of drug-likeness (QED) is 0.898. The largest absolute Gasteiger partial charge is 0.384 e. The molecular weight excluding hydrogens is 242 g/mol. The molecule has 6 heteroatoms. The van der Waals surface area contributed by atoms with E-state index in [4.69, 9.17) is 10.5 Å². The van der Waals surface area contributed by atoms with Gasteiger partial charge < -0.3 is 19.8 Å². The van der Waals surface area contributed by atoms with Crippen LogP contribution in [-0.4, -0.2) is 41.2 Å². The summed E-state index contributed by atoms with van der Waals surface area (Å²) in [5.74, 6) is 1.96. The molecule has 1 saturated heterocycles. The zero-order valence-electron chi connectivity index (χ0n) is 11.1. The van der Waals surface area contributed by atoms with E-state index in [2.05, 4.69) is 14.9 Å². The molecule has 0 saturated carbocycles. The molecular formula is C13H19N5O. The highest BCUT2D eigenvalue weighted by Gasteiger charge is 2.23. The summed E-state index contributed by atoms with van der Waals surface area (Å²) in [6.07, 6.45) is 7.82. The zero-order chi connectivity index (χ0) is 13.2. The second kappa shape index (κ2) is 5.05. The average Bonchev–Trinajstić information content (AvgIpc) is 2.86. The van der Waals surface area contributed by atoms with Crippen molar-refractivity contribution in [3.63, 3.8) is 0 Å². The zero-order valence-corrected chi connectivity index (χ0v) is 11.1. The van der Waals surface area contributed by atoms with Crippen molar-refractivity contribution in [2.24, 2.45) is 5.92 Å². The number of piperidine rings is 1. The number of hydrogen-bond donors (Lipinski definition) is 1. The van der Waals surface area contributed by atoms with E-state index in [0.717, 1.165) is 37.6 Å². The van der Waals surface area contributed by atoms with Gasteiger partial charge in [-0.25, -0.2) is 9.97 Å². The molecule has 0 aromatic carbocycles. The molecule has 2 N–H and O–H groups in total. The van der Waals surface area contributed by atoms with E-state index in [-0.39, 0.29) is 0 Å². The molecule has 0 bridgehead atoms. The Bertz CT molecular complexity index is 565. The van der Waals surface area contributed by atoms with Gasteiger partial charge in [-0.15, -0.1) is 0 Å². The monoisotopic (exact) mass is 261 g/mol. The number of imidazole rings is 1.